The van der Waals surface area contributed by atoms with E-state index in [1.54, 1.807) is 11.8 Å². The number of carboxylic acids is 1. The van der Waals surface area contributed by atoms with Gasteiger partial charge in [-0.3, -0.25) is 10.1 Å². The molecule has 8 nitrogen and oxygen atoms in total. The van der Waals surface area contributed by atoms with E-state index in [2.05, 4.69) is 10.3 Å². The molecule has 9 heteroatoms. The Morgan fingerprint density at radius 2 is 2.29 bits per heavy atom. The summed E-state index contributed by atoms with van der Waals surface area (Å²) in [5.74, 6) is -2.05. The van der Waals surface area contributed by atoms with E-state index < -0.39 is 29.0 Å². The van der Waals surface area contributed by atoms with Gasteiger partial charge >= 0.3 is 5.97 Å². The van der Waals surface area contributed by atoms with Crippen LogP contribution in [-0.2, 0) is 6.54 Å². The van der Waals surface area contributed by atoms with E-state index in [0.29, 0.717) is 19.6 Å². The van der Waals surface area contributed by atoms with Gasteiger partial charge in [-0.2, -0.15) is 0 Å². The summed E-state index contributed by atoms with van der Waals surface area (Å²) >= 11 is 0. The number of hydrogen-bond donors (Lipinski definition) is 3. The lowest BCUT2D eigenvalue weighted by molar-refractivity contribution is 0.0694. The molecule has 0 aromatic carbocycles. The third-order valence-corrected chi connectivity index (χ3v) is 4.01. The molecule has 0 amide bonds. The molecule has 24 heavy (non-hydrogen) atoms. The van der Waals surface area contributed by atoms with E-state index >= 15 is 0 Å². The average Bonchev–Trinajstić information content (AvgIpc) is 2.55. The number of nitrogens with one attached hydrogen (secondary N) is 1. The number of aliphatic hydroxyl groups is 1. The van der Waals surface area contributed by atoms with Gasteiger partial charge in [0.25, 0.3) is 0 Å². The van der Waals surface area contributed by atoms with E-state index in [1.165, 1.54) is 10.8 Å². The fraction of sp³-hybridized carbons (Fsp3) is 0.400. The highest BCUT2D eigenvalue weighted by Gasteiger charge is 2.23. The number of aliphatic hydroxyl groups excluding tert-OH is 1. The number of pyridine rings is 2. The predicted molar refractivity (Wildman–Crippen MR) is 84.8 cm³/mol. The molecular weight excluding hydrogens is 319 g/mol. The second kappa shape index (κ2) is 6.17. The smallest absolute Gasteiger partial charge is 0.341 e. The molecule has 1 unspecified atom stereocenters. The molecule has 0 bridgehead atoms. The van der Waals surface area contributed by atoms with Gasteiger partial charge < -0.3 is 19.7 Å². The standard InChI is InChI=1S/C15H17FN4O4/c1-2-19-6-9(15(23)24)12(22)8-5-10(16)14(18-13(8)19)20-4-3-17-11(21)7-20/h5-6,11,17,21H,2-4,7H2,1H3,(H,23,24). The molecule has 2 aromatic rings. The lowest BCUT2D eigenvalue weighted by atomic mass is 10.2. The van der Waals surface area contributed by atoms with Crippen molar-refractivity contribution in [2.24, 2.45) is 0 Å². The van der Waals surface area contributed by atoms with Gasteiger partial charge in [0.05, 0.1) is 11.9 Å². The Hall–Kier alpha value is -2.52. The quantitative estimate of drug-likeness (QED) is 0.723. The number of rotatable bonds is 3. The molecule has 1 atom stereocenters. The number of aromatic nitrogens is 2. The summed E-state index contributed by atoms with van der Waals surface area (Å²) in [5, 5.41) is 21.6. The first kappa shape index (κ1) is 16.3. The number of nitrogens with zero attached hydrogens (tertiary/aromatic N) is 3. The molecule has 3 heterocycles. The number of fused-ring (bicyclic) bond motifs is 1. The molecule has 0 spiro atoms. The number of halogens is 1. The highest BCUT2D eigenvalue weighted by molar-refractivity contribution is 5.92. The van der Waals surface area contributed by atoms with Crippen molar-refractivity contribution in [3.05, 3.63) is 33.9 Å². The number of aryl methyl sites for hydroxylation is 1. The number of anilines is 1. The molecule has 1 aliphatic rings. The van der Waals surface area contributed by atoms with Crippen LogP contribution in [0.1, 0.15) is 17.3 Å². The second-order valence-corrected chi connectivity index (χ2v) is 5.54. The van der Waals surface area contributed by atoms with Gasteiger partial charge in [0.15, 0.2) is 11.6 Å². The van der Waals surface area contributed by atoms with E-state index in [0.717, 1.165) is 6.07 Å². The van der Waals surface area contributed by atoms with Gasteiger partial charge in [-0.15, -0.1) is 0 Å². The van der Waals surface area contributed by atoms with Gasteiger partial charge in [-0.05, 0) is 13.0 Å². The summed E-state index contributed by atoms with van der Waals surface area (Å²) in [4.78, 5) is 29.3. The number of hydrogen-bond acceptors (Lipinski definition) is 6. The Labute approximate surface area is 136 Å². The fourth-order valence-electron chi connectivity index (χ4n) is 2.81. The first-order valence-electron chi connectivity index (χ1n) is 7.55. The van der Waals surface area contributed by atoms with Crippen molar-refractivity contribution >= 4 is 22.8 Å². The minimum Gasteiger partial charge on any atom is -0.477 e. The molecule has 128 valence electrons. The highest BCUT2D eigenvalue weighted by atomic mass is 19.1. The summed E-state index contributed by atoms with van der Waals surface area (Å²) in [6.45, 7) is 3.24. The lowest BCUT2D eigenvalue weighted by Gasteiger charge is -2.32. The monoisotopic (exact) mass is 336 g/mol. The minimum absolute atomic E-state index is 0.0349. The van der Waals surface area contributed by atoms with Crippen LogP contribution in [0.5, 0.6) is 0 Å². The maximum Gasteiger partial charge on any atom is 0.341 e. The maximum atomic E-state index is 14.5. The van der Waals surface area contributed by atoms with Crippen molar-refractivity contribution in [1.29, 1.82) is 0 Å². The van der Waals surface area contributed by atoms with Crippen molar-refractivity contribution in [3.8, 4) is 0 Å². The molecular formula is C15H17FN4O4. The van der Waals surface area contributed by atoms with Gasteiger partial charge in [-0.25, -0.2) is 14.2 Å². The third kappa shape index (κ3) is 2.72. The van der Waals surface area contributed by atoms with Crippen LogP contribution in [0, 0.1) is 5.82 Å². The SMILES string of the molecule is CCn1cc(C(=O)O)c(=O)c2cc(F)c(N3CCNC(O)C3)nc21. The van der Waals surface area contributed by atoms with Crippen molar-refractivity contribution in [1.82, 2.24) is 14.9 Å². The van der Waals surface area contributed by atoms with Gasteiger partial charge in [0, 0.05) is 25.8 Å². The lowest BCUT2D eigenvalue weighted by Crippen LogP contribution is -2.51. The molecule has 1 fully saturated rings. The fourth-order valence-corrected chi connectivity index (χ4v) is 2.81. The van der Waals surface area contributed by atoms with Crippen LogP contribution in [0.25, 0.3) is 11.0 Å². The van der Waals surface area contributed by atoms with Gasteiger partial charge in [0.1, 0.15) is 17.4 Å². The van der Waals surface area contributed by atoms with E-state index in [9.17, 15) is 19.1 Å². The summed E-state index contributed by atoms with van der Waals surface area (Å²) in [5.41, 5.74) is -0.965. The van der Waals surface area contributed by atoms with Crippen LogP contribution in [-0.4, -0.2) is 51.6 Å². The average molecular weight is 336 g/mol. The molecule has 1 saturated heterocycles. The third-order valence-electron chi connectivity index (χ3n) is 4.01. The Kier molecular flexibility index (Phi) is 4.20. The van der Waals surface area contributed by atoms with E-state index in [-0.39, 0.29) is 23.4 Å². The molecule has 0 radical (unpaired) electrons. The summed E-state index contributed by atoms with van der Waals surface area (Å²) < 4.78 is 16.0. The molecule has 0 aliphatic carbocycles. The van der Waals surface area contributed by atoms with E-state index in [1.807, 2.05) is 0 Å². The summed E-state index contributed by atoms with van der Waals surface area (Å²) in [7, 11) is 0. The highest BCUT2D eigenvalue weighted by Crippen LogP contribution is 2.22. The Morgan fingerprint density at radius 1 is 1.54 bits per heavy atom. The summed E-state index contributed by atoms with van der Waals surface area (Å²) in [6, 6.07) is 1.02. The van der Waals surface area contributed by atoms with Crippen LogP contribution in [0.4, 0.5) is 10.2 Å². The zero-order valence-corrected chi connectivity index (χ0v) is 13.0. The molecule has 3 rings (SSSR count). The van der Waals surface area contributed by atoms with Crippen LogP contribution in [0.2, 0.25) is 0 Å². The Balaban J connectivity index is 2.22. The zero-order valence-electron chi connectivity index (χ0n) is 13.0. The normalized spacial score (nSPS) is 18.1. The number of aromatic carboxylic acids is 1. The van der Waals surface area contributed by atoms with Crippen molar-refractivity contribution in [2.45, 2.75) is 19.7 Å². The Morgan fingerprint density at radius 3 is 2.92 bits per heavy atom. The number of β-amino-alcohol motifs (C(OH)–C–C–N with tert-alkyl or cyclic N) is 1. The molecule has 0 saturated carbocycles. The largest absolute Gasteiger partial charge is 0.477 e. The maximum absolute atomic E-state index is 14.5. The second-order valence-electron chi connectivity index (χ2n) is 5.54. The first-order valence-corrected chi connectivity index (χ1v) is 7.55. The topological polar surface area (TPSA) is 108 Å². The molecule has 3 N–H and O–H groups in total. The number of carboxylic acid groups (broad SMARTS) is 1. The number of carbonyl (C=O) groups is 1. The predicted octanol–water partition coefficient (Wildman–Crippen LogP) is -0.0183. The van der Waals surface area contributed by atoms with Crippen LogP contribution >= 0.6 is 0 Å². The van der Waals surface area contributed by atoms with Crippen molar-refractivity contribution < 1.29 is 19.4 Å². The minimum atomic E-state index is -1.36. The van der Waals surface area contributed by atoms with Crippen LogP contribution in [0.15, 0.2) is 17.1 Å². The van der Waals surface area contributed by atoms with Crippen molar-refractivity contribution in [3.63, 3.8) is 0 Å². The van der Waals surface area contributed by atoms with Gasteiger partial charge in [-0.1, -0.05) is 0 Å². The zero-order chi connectivity index (χ0) is 17.4. The van der Waals surface area contributed by atoms with E-state index in [4.69, 9.17) is 5.11 Å². The van der Waals surface area contributed by atoms with Crippen LogP contribution in [0.3, 0.4) is 0 Å². The molecule has 2 aromatic heterocycles. The van der Waals surface area contributed by atoms with Crippen molar-refractivity contribution in [2.75, 3.05) is 24.5 Å². The molecule has 1 aliphatic heterocycles. The van der Waals surface area contributed by atoms with Crippen LogP contribution < -0.4 is 15.6 Å². The first-order chi connectivity index (χ1) is 11.4. The summed E-state index contributed by atoms with van der Waals surface area (Å²) in [6.07, 6.45) is 0.423. The van der Waals surface area contributed by atoms with Gasteiger partial charge in [0.2, 0.25) is 5.43 Å². The Bertz CT molecular complexity index is 867. The number of piperazine rings is 1.